The first-order valence-electron chi connectivity index (χ1n) is 9.61. The SMILES string of the molecule is C.C.C.C.C.NC(Cc1c[nH]c2ccccc12)C(=O)O.O=C(O)C(=O)Cc1c[nH]c2ccccc12.OO.OO. The Labute approximate surface area is 229 Å². The number of carboxylic acid groups (broad SMARTS) is 2. The summed E-state index contributed by atoms with van der Waals surface area (Å²) in [7, 11) is 0. The van der Waals surface area contributed by atoms with Gasteiger partial charge >= 0.3 is 11.9 Å². The van der Waals surface area contributed by atoms with Gasteiger partial charge in [-0.3, -0.25) is 30.6 Å². The van der Waals surface area contributed by atoms with Crippen LogP contribution in [0.4, 0.5) is 0 Å². The van der Waals surface area contributed by atoms with Crippen molar-refractivity contribution >= 4 is 39.5 Å². The maximum Gasteiger partial charge on any atom is 0.372 e. The molecule has 4 aromatic rings. The first-order valence-corrected chi connectivity index (χ1v) is 9.61. The number of nitrogens with two attached hydrogens (primary N) is 1. The van der Waals surface area contributed by atoms with Gasteiger partial charge in [-0.05, 0) is 23.3 Å². The molecule has 12 heteroatoms. The number of fused-ring (bicyclic) bond motifs is 2. The van der Waals surface area contributed by atoms with Crippen LogP contribution in [-0.2, 0) is 27.2 Å². The quantitative estimate of drug-likeness (QED) is 0.0799. The third-order valence-electron chi connectivity index (χ3n) is 4.70. The second kappa shape index (κ2) is 23.1. The van der Waals surface area contributed by atoms with E-state index in [0.717, 1.165) is 32.9 Å². The highest BCUT2D eigenvalue weighted by atomic mass is 17.0. The van der Waals surface area contributed by atoms with E-state index in [1.165, 1.54) is 0 Å². The fourth-order valence-corrected chi connectivity index (χ4v) is 3.15. The lowest BCUT2D eigenvalue weighted by molar-refractivity contribution is -0.176. The van der Waals surface area contributed by atoms with Gasteiger partial charge in [0.2, 0.25) is 5.78 Å². The standard InChI is InChI=1S/C11H12N2O2.C11H9NO3.5CH4.2H2O2/c12-9(11(14)15)5-7-6-13-10-4-2-1-3-8(7)10;13-10(11(14)15)5-7-6-12-9-4-2-1-3-8(7)9;;;;;;2*1-2/h1-4,6,9,13H,5,12H2,(H,14,15);1-4,6,12H,5H2,(H,14,15);5*1H4;2*1-2H. The van der Waals surface area contributed by atoms with Crippen LogP contribution in [0.5, 0.6) is 0 Å². The molecule has 4 rings (SSSR count). The van der Waals surface area contributed by atoms with Crippen molar-refractivity contribution in [2.45, 2.75) is 56.0 Å². The average molecular weight is 556 g/mol. The summed E-state index contributed by atoms with van der Waals surface area (Å²) >= 11 is 0. The van der Waals surface area contributed by atoms with Crippen molar-refractivity contribution in [3.63, 3.8) is 0 Å². The Balaban J connectivity index is -0.000000157. The van der Waals surface area contributed by atoms with Crippen LogP contribution in [0.1, 0.15) is 48.3 Å². The van der Waals surface area contributed by atoms with Crippen molar-refractivity contribution < 1.29 is 45.6 Å². The maximum atomic E-state index is 11.0. The van der Waals surface area contributed by atoms with E-state index in [2.05, 4.69) is 9.97 Å². The number of hydrogen-bond acceptors (Lipinski definition) is 8. The number of carbonyl (C=O) groups excluding carboxylic acids is 1. The molecule has 0 bridgehead atoms. The summed E-state index contributed by atoms with van der Waals surface area (Å²) in [6.07, 6.45) is 3.76. The zero-order chi connectivity index (χ0) is 25.7. The Bertz CT molecular complexity index is 1220. The van der Waals surface area contributed by atoms with E-state index in [1.54, 1.807) is 6.20 Å². The number of ketones is 1. The summed E-state index contributed by atoms with van der Waals surface area (Å²) in [5.74, 6) is -3.15. The lowest BCUT2D eigenvalue weighted by Gasteiger charge is -2.04. The van der Waals surface area contributed by atoms with Gasteiger partial charge in [0.25, 0.3) is 0 Å². The van der Waals surface area contributed by atoms with Crippen molar-refractivity contribution in [1.29, 1.82) is 0 Å². The minimum atomic E-state index is -1.39. The minimum Gasteiger partial charge on any atom is -0.480 e. The highest BCUT2D eigenvalue weighted by Gasteiger charge is 2.15. The van der Waals surface area contributed by atoms with E-state index in [0.29, 0.717) is 6.42 Å². The topological polar surface area (TPSA) is 230 Å². The van der Waals surface area contributed by atoms with Crippen LogP contribution >= 0.6 is 0 Å². The Hall–Kier alpha value is -4.07. The van der Waals surface area contributed by atoms with Crippen molar-refractivity contribution in [2.75, 3.05) is 0 Å². The Morgan fingerprint density at radius 1 is 0.692 bits per heavy atom. The number of para-hydroxylation sites is 2. The molecule has 0 fully saturated rings. The number of nitrogens with one attached hydrogen (secondary N) is 2. The second-order valence-electron chi connectivity index (χ2n) is 6.77. The second-order valence-corrected chi connectivity index (χ2v) is 6.77. The van der Waals surface area contributed by atoms with Crippen LogP contribution in [0.15, 0.2) is 60.9 Å². The molecule has 2 aromatic carbocycles. The molecule has 222 valence electrons. The molecule has 0 spiro atoms. The van der Waals surface area contributed by atoms with Crippen molar-refractivity contribution in [2.24, 2.45) is 5.73 Å². The van der Waals surface area contributed by atoms with Gasteiger partial charge in [0, 0.05) is 47.0 Å². The number of Topliss-reactive ketones (excluding diaryl/α,β-unsaturated/α-hetero) is 1. The Kier molecular flexibility index (Phi) is 26.6. The minimum absolute atomic E-state index is 0. The molecule has 0 saturated carbocycles. The number of aliphatic carboxylic acids is 2. The van der Waals surface area contributed by atoms with Gasteiger partial charge in [0.1, 0.15) is 6.04 Å². The number of H-pyrrole nitrogens is 2. The summed E-state index contributed by atoms with van der Waals surface area (Å²) in [6.45, 7) is 0. The van der Waals surface area contributed by atoms with Gasteiger partial charge in [0.15, 0.2) is 0 Å². The largest absolute Gasteiger partial charge is 0.480 e. The maximum absolute atomic E-state index is 11.0. The molecule has 1 unspecified atom stereocenters. The number of rotatable bonds is 6. The van der Waals surface area contributed by atoms with Crippen molar-refractivity contribution in [3.8, 4) is 0 Å². The number of aromatic nitrogens is 2. The molecule has 0 saturated heterocycles. The van der Waals surface area contributed by atoms with Gasteiger partial charge in [-0.25, -0.2) is 4.79 Å². The molecular formula is C27H45N3O9. The third-order valence-corrected chi connectivity index (χ3v) is 4.70. The fraction of sp³-hybridized carbons (Fsp3) is 0.296. The lowest BCUT2D eigenvalue weighted by atomic mass is 10.1. The van der Waals surface area contributed by atoms with Crippen LogP contribution in [0.25, 0.3) is 21.8 Å². The summed E-state index contributed by atoms with van der Waals surface area (Å²) in [6, 6.07) is 14.4. The number of benzene rings is 2. The van der Waals surface area contributed by atoms with Crippen molar-refractivity contribution in [3.05, 3.63) is 72.1 Å². The highest BCUT2D eigenvalue weighted by molar-refractivity contribution is 6.33. The molecule has 0 aliphatic carbocycles. The third kappa shape index (κ3) is 12.8. The van der Waals surface area contributed by atoms with Gasteiger partial charge in [-0.2, -0.15) is 0 Å². The van der Waals surface area contributed by atoms with Gasteiger partial charge < -0.3 is 25.9 Å². The molecule has 0 amide bonds. The van der Waals surface area contributed by atoms with Crippen LogP contribution in [0.2, 0.25) is 0 Å². The van der Waals surface area contributed by atoms with Crippen LogP contribution in [0, 0.1) is 0 Å². The van der Waals surface area contributed by atoms with E-state index in [1.807, 2.05) is 54.7 Å². The normalized spacial score (nSPS) is 9.26. The summed E-state index contributed by atoms with van der Waals surface area (Å²) in [4.78, 5) is 38.1. The molecule has 2 heterocycles. The first-order chi connectivity index (χ1) is 16.4. The molecule has 10 N–H and O–H groups in total. The van der Waals surface area contributed by atoms with E-state index in [4.69, 9.17) is 37.0 Å². The number of carbonyl (C=O) groups is 3. The molecule has 12 nitrogen and oxygen atoms in total. The molecule has 2 aromatic heterocycles. The van der Waals surface area contributed by atoms with E-state index in [-0.39, 0.29) is 43.6 Å². The number of carboxylic acids is 2. The Morgan fingerprint density at radius 3 is 1.49 bits per heavy atom. The molecule has 0 radical (unpaired) electrons. The van der Waals surface area contributed by atoms with E-state index in [9.17, 15) is 14.4 Å². The predicted octanol–water partition coefficient (Wildman–Crippen LogP) is 5.70. The predicted molar refractivity (Wildman–Crippen MR) is 156 cm³/mol. The first kappa shape index (κ1) is 44.9. The molecule has 0 aliphatic heterocycles. The smallest absolute Gasteiger partial charge is 0.372 e. The van der Waals surface area contributed by atoms with Gasteiger partial charge in [-0.1, -0.05) is 73.5 Å². The zero-order valence-corrected chi connectivity index (χ0v) is 17.8. The van der Waals surface area contributed by atoms with E-state index < -0.39 is 23.8 Å². The van der Waals surface area contributed by atoms with Gasteiger partial charge in [0.05, 0.1) is 0 Å². The summed E-state index contributed by atoms with van der Waals surface area (Å²) < 4.78 is 0. The number of aromatic amines is 2. The fourth-order valence-electron chi connectivity index (χ4n) is 3.15. The van der Waals surface area contributed by atoms with E-state index >= 15 is 0 Å². The highest BCUT2D eigenvalue weighted by Crippen LogP contribution is 2.19. The summed E-state index contributed by atoms with van der Waals surface area (Å²) in [5.41, 5.74) is 9.06. The van der Waals surface area contributed by atoms with Crippen molar-refractivity contribution in [1.82, 2.24) is 9.97 Å². The average Bonchev–Trinajstić information content (AvgIpc) is 3.46. The van der Waals surface area contributed by atoms with Crippen LogP contribution in [-0.4, -0.2) is 65.0 Å². The molecule has 39 heavy (non-hydrogen) atoms. The lowest BCUT2D eigenvalue weighted by Crippen LogP contribution is -2.32. The van der Waals surface area contributed by atoms with Gasteiger partial charge in [-0.15, -0.1) is 0 Å². The summed E-state index contributed by atoms with van der Waals surface area (Å²) in [5, 5.41) is 43.1. The van der Waals surface area contributed by atoms with Crippen LogP contribution < -0.4 is 5.73 Å². The molecule has 0 aliphatic rings. The Morgan fingerprint density at radius 2 is 1.08 bits per heavy atom. The molecule has 1 atom stereocenters. The monoisotopic (exact) mass is 555 g/mol. The zero-order valence-electron chi connectivity index (χ0n) is 17.8. The molecular weight excluding hydrogens is 510 g/mol. The van der Waals surface area contributed by atoms with Crippen LogP contribution in [0.3, 0.4) is 0 Å². The number of hydrogen-bond donors (Lipinski definition) is 9.